The lowest BCUT2D eigenvalue weighted by Crippen LogP contribution is -2.48. The smallest absolute Gasteiger partial charge is 0.248 e. The van der Waals surface area contributed by atoms with Crippen molar-refractivity contribution in [3.63, 3.8) is 0 Å². The van der Waals surface area contributed by atoms with Crippen molar-refractivity contribution in [1.82, 2.24) is 4.90 Å². The maximum atomic E-state index is 11.9. The van der Waals surface area contributed by atoms with Crippen molar-refractivity contribution in [3.05, 3.63) is 0 Å². The number of aliphatic hydroxyl groups excluding tert-OH is 1. The second-order valence-corrected chi connectivity index (χ2v) is 5.82. The minimum Gasteiger partial charge on any atom is -0.391 e. The summed E-state index contributed by atoms with van der Waals surface area (Å²) in [6, 6.07) is -0.0418. The molecule has 1 fully saturated rings. The Labute approximate surface area is 104 Å². The van der Waals surface area contributed by atoms with Crippen molar-refractivity contribution in [3.8, 4) is 0 Å². The molecule has 1 aliphatic rings. The Kier molecular flexibility index (Phi) is 4.95. The van der Waals surface area contributed by atoms with E-state index in [1.807, 2.05) is 20.8 Å². The molecule has 1 amide bonds. The van der Waals surface area contributed by atoms with Crippen LogP contribution in [0.15, 0.2) is 0 Å². The Balaban J connectivity index is 2.45. The molecule has 1 saturated carbocycles. The van der Waals surface area contributed by atoms with Gasteiger partial charge in [0.25, 0.3) is 0 Å². The third kappa shape index (κ3) is 4.64. The van der Waals surface area contributed by atoms with Crippen LogP contribution in [0.2, 0.25) is 0 Å². The summed E-state index contributed by atoms with van der Waals surface area (Å²) in [5, 5.41) is 9.88. The number of carbonyl (C=O) groups excluding carboxylic acids is 1. The van der Waals surface area contributed by atoms with Crippen LogP contribution in [-0.2, 0) is 9.53 Å². The topological polar surface area (TPSA) is 49.8 Å². The van der Waals surface area contributed by atoms with E-state index in [0.29, 0.717) is 0 Å². The molecule has 1 N–H and O–H groups in total. The molecule has 0 saturated heterocycles. The number of likely N-dealkylation sites (N-methyl/N-ethyl adjacent to an activating group) is 1. The van der Waals surface area contributed by atoms with E-state index in [2.05, 4.69) is 0 Å². The monoisotopic (exact) mass is 243 g/mol. The first-order chi connectivity index (χ1) is 7.81. The normalized spacial score (nSPS) is 25.7. The lowest BCUT2D eigenvalue weighted by Gasteiger charge is -2.35. The fraction of sp³-hybridized carbons (Fsp3) is 0.923. The van der Waals surface area contributed by atoms with Crippen LogP contribution in [0.3, 0.4) is 0 Å². The summed E-state index contributed by atoms with van der Waals surface area (Å²) in [5.41, 5.74) is -0.304. The molecule has 17 heavy (non-hydrogen) atoms. The van der Waals surface area contributed by atoms with Crippen molar-refractivity contribution in [2.24, 2.45) is 0 Å². The van der Waals surface area contributed by atoms with Crippen LogP contribution in [0.5, 0.6) is 0 Å². The van der Waals surface area contributed by atoms with E-state index in [4.69, 9.17) is 4.74 Å². The van der Waals surface area contributed by atoms with Gasteiger partial charge in [0.1, 0.15) is 6.61 Å². The van der Waals surface area contributed by atoms with E-state index in [0.717, 1.165) is 25.7 Å². The molecule has 4 nitrogen and oxygen atoms in total. The number of hydrogen-bond donors (Lipinski definition) is 1. The molecule has 1 aliphatic carbocycles. The maximum absolute atomic E-state index is 11.9. The number of hydrogen-bond acceptors (Lipinski definition) is 3. The summed E-state index contributed by atoms with van der Waals surface area (Å²) >= 11 is 0. The number of ether oxygens (including phenoxy) is 1. The summed E-state index contributed by atoms with van der Waals surface area (Å²) in [4.78, 5) is 13.6. The van der Waals surface area contributed by atoms with E-state index in [9.17, 15) is 9.90 Å². The number of rotatable bonds is 3. The van der Waals surface area contributed by atoms with Crippen LogP contribution in [0.4, 0.5) is 0 Å². The molecule has 0 heterocycles. The second-order valence-electron chi connectivity index (χ2n) is 5.82. The van der Waals surface area contributed by atoms with Gasteiger partial charge in [-0.3, -0.25) is 4.79 Å². The van der Waals surface area contributed by atoms with Crippen LogP contribution in [0.1, 0.15) is 46.5 Å². The number of carbonyl (C=O) groups is 1. The van der Waals surface area contributed by atoms with Crippen molar-refractivity contribution >= 4 is 5.91 Å². The molecular formula is C13H25NO3. The van der Waals surface area contributed by atoms with Crippen molar-refractivity contribution in [2.75, 3.05) is 13.7 Å². The average Bonchev–Trinajstić information content (AvgIpc) is 2.24. The highest BCUT2D eigenvalue weighted by atomic mass is 16.5. The van der Waals surface area contributed by atoms with Crippen LogP contribution >= 0.6 is 0 Å². The van der Waals surface area contributed by atoms with E-state index in [1.54, 1.807) is 11.9 Å². The molecule has 0 aliphatic heterocycles. The minimum absolute atomic E-state index is 0.0418. The third-order valence-electron chi connectivity index (χ3n) is 3.21. The van der Waals surface area contributed by atoms with E-state index in [1.165, 1.54) is 0 Å². The fourth-order valence-corrected chi connectivity index (χ4v) is 2.11. The second kappa shape index (κ2) is 5.83. The molecule has 1 rings (SSSR count). The zero-order valence-corrected chi connectivity index (χ0v) is 11.4. The highest BCUT2D eigenvalue weighted by molar-refractivity contribution is 5.77. The van der Waals surface area contributed by atoms with Crippen LogP contribution in [-0.4, -0.2) is 47.3 Å². The van der Waals surface area contributed by atoms with Gasteiger partial charge in [0.2, 0.25) is 5.91 Å². The Hall–Kier alpha value is -0.610. The molecule has 0 radical (unpaired) electrons. The van der Waals surface area contributed by atoms with E-state index < -0.39 is 0 Å². The molecule has 100 valence electrons. The predicted octanol–water partition coefficient (Wildman–Crippen LogP) is 1.56. The largest absolute Gasteiger partial charge is 0.391 e. The van der Waals surface area contributed by atoms with Gasteiger partial charge in [0.05, 0.1) is 17.7 Å². The average molecular weight is 243 g/mol. The van der Waals surface area contributed by atoms with Gasteiger partial charge in [-0.2, -0.15) is 0 Å². The lowest BCUT2D eigenvalue weighted by atomic mass is 9.91. The highest BCUT2D eigenvalue weighted by Crippen LogP contribution is 2.22. The Bertz CT molecular complexity index is 260. The van der Waals surface area contributed by atoms with Gasteiger partial charge in [0, 0.05) is 7.05 Å². The van der Waals surface area contributed by atoms with Gasteiger partial charge in [-0.1, -0.05) is 12.8 Å². The fourth-order valence-electron chi connectivity index (χ4n) is 2.11. The van der Waals surface area contributed by atoms with Crippen molar-refractivity contribution in [2.45, 2.75) is 64.2 Å². The van der Waals surface area contributed by atoms with E-state index >= 15 is 0 Å². The summed E-state index contributed by atoms with van der Waals surface area (Å²) in [5.74, 6) is -0.0501. The molecule has 0 bridgehead atoms. The first-order valence-corrected chi connectivity index (χ1v) is 6.39. The van der Waals surface area contributed by atoms with Crippen LogP contribution in [0.25, 0.3) is 0 Å². The molecule has 0 aromatic heterocycles. The molecule has 0 aromatic rings. The summed E-state index contributed by atoms with van der Waals surface area (Å²) < 4.78 is 5.47. The van der Waals surface area contributed by atoms with Crippen molar-refractivity contribution < 1.29 is 14.6 Å². The SMILES string of the molecule is CN(C(=O)COC(C)(C)C)C1CCCCC1O. The summed E-state index contributed by atoms with van der Waals surface area (Å²) in [6.45, 7) is 5.87. The first-order valence-electron chi connectivity index (χ1n) is 6.39. The third-order valence-corrected chi connectivity index (χ3v) is 3.21. The standard InChI is InChI=1S/C13H25NO3/c1-13(2,3)17-9-12(16)14(4)10-7-5-6-8-11(10)15/h10-11,15H,5-9H2,1-4H3. The van der Waals surface area contributed by atoms with Gasteiger partial charge < -0.3 is 14.7 Å². The summed E-state index contributed by atoms with van der Waals surface area (Å²) in [6.07, 6.45) is 3.44. The minimum atomic E-state index is -0.382. The number of amides is 1. The summed E-state index contributed by atoms with van der Waals surface area (Å²) in [7, 11) is 1.76. The Morgan fingerprint density at radius 2 is 1.94 bits per heavy atom. The van der Waals surface area contributed by atoms with Gasteiger partial charge in [-0.05, 0) is 33.6 Å². The molecule has 0 aromatic carbocycles. The molecule has 2 atom stereocenters. The Morgan fingerprint density at radius 1 is 1.35 bits per heavy atom. The van der Waals surface area contributed by atoms with Gasteiger partial charge in [-0.25, -0.2) is 0 Å². The zero-order chi connectivity index (χ0) is 13.1. The lowest BCUT2D eigenvalue weighted by molar-refractivity contribution is -0.145. The van der Waals surface area contributed by atoms with Gasteiger partial charge in [-0.15, -0.1) is 0 Å². The molecule has 0 spiro atoms. The molecule has 2 unspecified atom stereocenters. The highest BCUT2D eigenvalue weighted by Gasteiger charge is 2.29. The van der Waals surface area contributed by atoms with Gasteiger partial charge >= 0.3 is 0 Å². The van der Waals surface area contributed by atoms with Gasteiger partial charge in [0.15, 0.2) is 0 Å². The first kappa shape index (κ1) is 14.5. The molecular weight excluding hydrogens is 218 g/mol. The van der Waals surface area contributed by atoms with E-state index in [-0.39, 0.29) is 30.3 Å². The van der Waals surface area contributed by atoms with Crippen LogP contribution < -0.4 is 0 Å². The zero-order valence-electron chi connectivity index (χ0n) is 11.4. The number of nitrogens with zero attached hydrogens (tertiary/aromatic N) is 1. The maximum Gasteiger partial charge on any atom is 0.248 e. The van der Waals surface area contributed by atoms with Crippen LogP contribution in [0, 0.1) is 0 Å². The quantitative estimate of drug-likeness (QED) is 0.818. The molecule has 4 heteroatoms. The Morgan fingerprint density at radius 3 is 2.47 bits per heavy atom. The van der Waals surface area contributed by atoms with Crippen molar-refractivity contribution in [1.29, 1.82) is 0 Å². The number of aliphatic hydroxyl groups is 1. The predicted molar refractivity (Wildman–Crippen MR) is 66.7 cm³/mol.